The van der Waals surface area contributed by atoms with Gasteiger partial charge in [-0.25, -0.2) is 9.59 Å². The van der Waals surface area contributed by atoms with Crippen LogP contribution in [0.3, 0.4) is 0 Å². The number of para-hydroxylation sites is 2. The Morgan fingerprint density at radius 1 is 0.719 bits per heavy atom. The van der Waals surface area contributed by atoms with Crippen molar-refractivity contribution in [3.05, 3.63) is 85.0 Å². The Labute approximate surface area is 187 Å². The second-order valence-electron chi connectivity index (χ2n) is 5.86. The van der Waals surface area contributed by atoms with Crippen LogP contribution in [0.15, 0.2) is 85.0 Å². The first-order valence-electron chi connectivity index (χ1n) is 9.04. The van der Waals surface area contributed by atoms with Crippen molar-refractivity contribution in [2.24, 2.45) is 0 Å². The highest BCUT2D eigenvalue weighted by atomic mass is 16.4. The van der Waals surface area contributed by atoms with Crippen LogP contribution in [-0.4, -0.2) is 67.0 Å². The van der Waals surface area contributed by atoms with Gasteiger partial charge in [-0.05, 0) is 38.1 Å². The summed E-state index contributed by atoms with van der Waals surface area (Å²) < 4.78 is 0. The standard InChI is InChI=1S/2C6H6O.2C4H6O2.C3H8O3/c2*7-6-4-2-1-3-5-6;2*1-3(2)4(5)6;4-1-3(6)2-5/h2*1-5,7H;2*1H2,2H3,(H,5,6);3-6H,1-2H2. The van der Waals surface area contributed by atoms with E-state index in [4.69, 9.17) is 35.7 Å². The van der Waals surface area contributed by atoms with Crippen molar-refractivity contribution in [2.75, 3.05) is 13.2 Å². The third-order valence-electron chi connectivity index (χ3n) is 2.66. The second-order valence-corrected chi connectivity index (χ2v) is 5.86. The van der Waals surface area contributed by atoms with Crippen LogP contribution in [0, 0.1) is 0 Å². The summed E-state index contributed by atoms with van der Waals surface area (Å²) in [6.07, 6.45) is -0.954. The maximum absolute atomic E-state index is 9.60. The third-order valence-corrected chi connectivity index (χ3v) is 2.66. The Morgan fingerprint density at radius 3 is 1.00 bits per heavy atom. The number of phenolic OH excluding ortho intramolecular Hbond substituents is 2. The molecule has 0 aliphatic heterocycles. The molecule has 0 amide bonds. The Kier molecular flexibility index (Phi) is 22.7. The maximum Gasteiger partial charge on any atom is 0.330 e. The van der Waals surface area contributed by atoms with E-state index in [1.807, 2.05) is 12.1 Å². The van der Waals surface area contributed by atoms with E-state index >= 15 is 0 Å². The number of carbonyl (C=O) groups is 2. The lowest BCUT2D eigenvalue weighted by Crippen LogP contribution is -2.15. The SMILES string of the molecule is C=C(C)C(=O)O.C=C(C)C(=O)O.OCC(O)CO.Oc1ccccc1.Oc1ccccc1. The lowest BCUT2D eigenvalue weighted by atomic mass is 10.3. The molecule has 0 unspecified atom stereocenters. The zero-order valence-electron chi connectivity index (χ0n) is 18.1. The monoisotopic (exact) mass is 452 g/mol. The summed E-state index contributed by atoms with van der Waals surface area (Å²) in [5.41, 5.74) is 0.352. The fourth-order valence-electron chi connectivity index (χ4n) is 0.914. The molecule has 2 aromatic carbocycles. The smallest absolute Gasteiger partial charge is 0.330 e. The number of carboxylic acids is 2. The maximum atomic E-state index is 9.60. The molecular formula is C23H32O9. The number of aliphatic hydroxyl groups is 3. The fraction of sp³-hybridized carbons (Fsp3) is 0.217. The number of aliphatic carboxylic acids is 2. The van der Waals surface area contributed by atoms with E-state index < -0.39 is 18.0 Å². The van der Waals surface area contributed by atoms with Gasteiger partial charge in [-0.3, -0.25) is 0 Å². The molecule has 32 heavy (non-hydrogen) atoms. The second kappa shape index (κ2) is 22.0. The van der Waals surface area contributed by atoms with E-state index in [2.05, 4.69) is 13.2 Å². The van der Waals surface area contributed by atoms with Crippen LogP contribution >= 0.6 is 0 Å². The van der Waals surface area contributed by atoms with Crippen molar-refractivity contribution < 1.29 is 45.3 Å². The van der Waals surface area contributed by atoms with Crippen molar-refractivity contribution in [2.45, 2.75) is 20.0 Å². The molecule has 9 nitrogen and oxygen atoms in total. The number of benzene rings is 2. The topological polar surface area (TPSA) is 176 Å². The highest BCUT2D eigenvalue weighted by molar-refractivity contribution is 5.85. The molecule has 0 saturated carbocycles. The fourth-order valence-corrected chi connectivity index (χ4v) is 0.914. The number of phenols is 2. The quantitative estimate of drug-likeness (QED) is 0.343. The zero-order chi connectivity index (χ0) is 25.5. The van der Waals surface area contributed by atoms with Gasteiger partial charge in [0.15, 0.2) is 0 Å². The summed E-state index contributed by atoms with van der Waals surface area (Å²) in [5, 5.41) is 57.1. The molecule has 0 heterocycles. The van der Waals surface area contributed by atoms with E-state index in [0.717, 1.165) is 0 Å². The van der Waals surface area contributed by atoms with Crippen molar-refractivity contribution in [1.29, 1.82) is 0 Å². The largest absolute Gasteiger partial charge is 0.508 e. The Hall–Kier alpha value is -3.66. The molecule has 0 bridgehead atoms. The minimum atomic E-state index is -0.954. The number of hydrogen-bond donors (Lipinski definition) is 7. The van der Waals surface area contributed by atoms with E-state index in [1.165, 1.54) is 13.8 Å². The molecule has 0 atom stereocenters. The van der Waals surface area contributed by atoms with Gasteiger partial charge in [0.05, 0.1) is 13.2 Å². The van der Waals surface area contributed by atoms with Crippen LogP contribution in [0.4, 0.5) is 0 Å². The average molecular weight is 453 g/mol. The predicted molar refractivity (Wildman–Crippen MR) is 121 cm³/mol. The molecule has 2 aromatic rings. The van der Waals surface area contributed by atoms with Crippen molar-refractivity contribution in [3.8, 4) is 11.5 Å². The van der Waals surface area contributed by atoms with Gasteiger partial charge in [0.2, 0.25) is 0 Å². The van der Waals surface area contributed by atoms with E-state index in [-0.39, 0.29) is 24.4 Å². The van der Waals surface area contributed by atoms with E-state index in [0.29, 0.717) is 11.5 Å². The summed E-state index contributed by atoms with van der Waals surface area (Å²) in [4.78, 5) is 19.2. The number of hydrogen-bond acceptors (Lipinski definition) is 7. The van der Waals surface area contributed by atoms with Crippen LogP contribution in [0.1, 0.15) is 13.8 Å². The van der Waals surface area contributed by atoms with Gasteiger partial charge in [-0.1, -0.05) is 49.6 Å². The average Bonchev–Trinajstić information content (AvgIpc) is 2.76. The molecule has 7 N–H and O–H groups in total. The number of aromatic hydroxyl groups is 2. The molecule has 0 saturated heterocycles. The first-order chi connectivity index (χ1) is 14.9. The first kappa shape index (κ1) is 33.0. The molecule has 0 spiro atoms. The normalized spacial score (nSPS) is 8.44. The molecule has 178 valence electrons. The molecule has 0 radical (unpaired) electrons. The minimum Gasteiger partial charge on any atom is -0.508 e. The molecule has 0 aliphatic carbocycles. The predicted octanol–water partition coefficient (Wildman–Crippen LogP) is 2.41. The van der Waals surface area contributed by atoms with Crippen LogP contribution in [0.2, 0.25) is 0 Å². The summed E-state index contributed by atoms with van der Waals surface area (Å²) in [7, 11) is 0. The van der Waals surface area contributed by atoms with Gasteiger partial charge < -0.3 is 35.7 Å². The summed E-state index contributed by atoms with van der Waals surface area (Å²) in [5.74, 6) is -1.23. The number of rotatable bonds is 4. The molecule has 2 rings (SSSR count). The molecule has 0 aromatic heterocycles. The van der Waals surface area contributed by atoms with Gasteiger partial charge in [-0.15, -0.1) is 0 Å². The van der Waals surface area contributed by atoms with Crippen LogP contribution in [0.5, 0.6) is 11.5 Å². The van der Waals surface area contributed by atoms with Crippen LogP contribution < -0.4 is 0 Å². The minimum absolute atomic E-state index is 0.176. The van der Waals surface area contributed by atoms with Gasteiger partial charge in [0.1, 0.15) is 17.6 Å². The highest BCUT2D eigenvalue weighted by Crippen LogP contribution is 2.03. The third kappa shape index (κ3) is 28.5. The van der Waals surface area contributed by atoms with Gasteiger partial charge in [-0.2, -0.15) is 0 Å². The summed E-state index contributed by atoms with van der Waals surface area (Å²) in [6.45, 7) is 8.47. The highest BCUT2D eigenvalue weighted by Gasteiger charge is 1.93. The summed E-state index contributed by atoms with van der Waals surface area (Å²) in [6, 6.07) is 17.4. The van der Waals surface area contributed by atoms with Gasteiger partial charge >= 0.3 is 11.9 Å². The van der Waals surface area contributed by atoms with Crippen molar-refractivity contribution in [3.63, 3.8) is 0 Å². The number of aliphatic hydroxyl groups excluding tert-OH is 3. The van der Waals surface area contributed by atoms with E-state index in [1.54, 1.807) is 48.5 Å². The molecule has 9 heteroatoms. The summed E-state index contributed by atoms with van der Waals surface area (Å²) >= 11 is 0. The lowest BCUT2D eigenvalue weighted by molar-refractivity contribution is -0.133. The zero-order valence-corrected chi connectivity index (χ0v) is 18.1. The van der Waals surface area contributed by atoms with Crippen LogP contribution in [-0.2, 0) is 9.59 Å². The molecule has 0 aliphatic rings. The van der Waals surface area contributed by atoms with Crippen molar-refractivity contribution >= 4 is 11.9 Å². The molecular weight excluding hydrogens is 420 g/mol. The Bertz CT molecular complexity index is 670. The van der Waals surface area contributed by atoms with Gasteiger partial charge in [0, 0.05) is 11.1 Å². The Balaban J connectivity index is -0.000000330. The Morgan fingerprint density at radius 2 is 0.938 bits per heavy atom. The first-order valence-corrected chi connectivity index (χ1v) is 9.04. The number of carboxylic acid groups (broad SMARTS) is 2. The molecule has 0 fully saturated rings. The lowest BCUT2D eigenvalue weighted by Gasteiger charge is -1.96. The van der Waals surface area contributed by atoms with Crippen LogP contribution in [0.25, 0.3) is 0 Å². The van der Waals surface area contributed by atoms with E-state index in [9.17, 15) is 9.59 Å². The van der Waals surface area contributed by atoms with Crippen molar-refractivity contribution in [1.82, 2.24) is 0 Å². The van der Waals surface area contributed by atoms with Gasteiger partial charge in [0.25, 0.3) is 0 Å².